The Bertz CT molecular complexity index is 516. The number of rotatable bonds is 1. The van der Waals surface area contributed by atoms with Crippen molar-refractivity contribution in [2.75, 3.05) is 17.6 Å². The van der Waals surface area contributed by atoms with Crippen molar-refractivity contribution in [3.8, 4) is 5.75 Å². The number of thioether (sulfide) groups is 1. The molecule has 0 aliphatic carbocycles. The third-order valence-corrected chi connectivity index (χ3v) is 3.01. The minimum Gasteiger partial charge on any atom is -0.508 e. The molecule has 2 rings (SSSR count). The number of phenols is 1. The van der Waals surface area contributed by atoms with Crippen LogP contribution >= 0.6 is 11.8 Å². The van der Waals surface area contributed by atoms with E-state index in [1.807, 2.05) is 0 Å². The van der Waals surface area contributed by atoms with Crippen LogP contribution in [0, 0.1) is 0 Å². The van der Waals surface area contributed by atoms with E-state index >= 15 is 0 Å². The minimum atomic E-state index is -0.796. The van der Waals surface area contributed by atoms with Crippen molar-refractivity contribution in [3.63, 3.8) is 0 Å². The Kier molecular flexibility index (Phi) is 3.83. The van der Waals surface area contributed by atoms with Gasteiger partial charge in [0.25, 0.3) is 0 Å². The van der Waals surface area contributed by atoms with Crippen LogP contribution in [0.2, 0.25) is 0 Å². The van der Waals surface area contributed by atoms with E-state index in [-0.39, 0.29) is 5.75 Å². The molecule has 3 N–H and O–H groups in total. The van der Waals surface area contributed by atoms with E-state index in [9.17, 15) is 14.7 Å². The lowest BCUT2D eigenvalue weighted by Gasteiger charge is -2.05. The third kappa shape index (κ3) is 3.24. The Balaban J connectivity index is 1.93. The molecule has 0 atom stereocenters. The van der Waals surface area contributed by atoms with Crippen LogP contribution in [-0.2, 0) is 9.59 Å². The average molecular weight is 265 g/mol. The van der Waals surface area contributed by atoms with Gasteiger partial charge in [0.1, 0.15) is 5.75 Å². The second-order valence-electron chi connectivity index (χ2n) is 3.49. The summed E-state index contributed by atoms with van der Waals surface area (Å²) in [5.41, 5.74) is 0.358. The van der Waals surface area contributed by atoms with Gasteiger partial charge in [-0.05, 0) is 12.1 Å². The molecule has 6 nitrogen and oxygen atoms in total. The molecular formula is C11H11N3O3S. The summed E-state index contributed by atoms with van der Waals surface area (Å²) in [6.07, 6.45) is 0. The summed E-state index contributed by atoms with van der Waals surface area (Å²) < 4.78 is 0. The number of carbonyl (C=O) groups excluding carboxylic acids is 2. The second kappa shape index (κ2) is 5.54. The first-order valence-corrected chi connectivity index (χ1v) is 6.22. The van der Waals surface area contributed by atoms with Gasteiger partial charge in [0.2, 0.25) is 0 Å². The van der Waals surface area contributed by atoms with Crippen molar-refractivity contribution in [2.24, 2.45) is 4.99 Å². The van der Waals surface area contributed by atoms with Gasteiger partial charge in [0.15, 0.2) is 5.17 Å². The van der Waals surface area contributed by atoms with Crippen molar-refractivity contribution >= 4 is 34.4 Å². The van der Waals surface area contributed by atoms with Crippen LogP contribution in [0.25, 0.3) is 0 Å². The minimum absolute atomic E-state index is 0.0175. The van der Waals surface area contributed by atoms with E-state index in [0.29, 0.717) is 17.4 Å². The molecule has 1 aliphatic heterocycles. The Hall–Kier alpha value is -2.02. The Labute approximate surface area is 107 Å². The van der Waals surface area contributed by atoms with E-state index in [1.165, 1.54) is 23.9 Å². The number of carbonyl (C=O) groups is 2. The maximum Gasteiger partial charge on any atom is 0.315 e. The highest BCUT2D eigenvalue weighted by Gasteiger charge is 2.17. The van der Waals surface area contributed by atoms with Crippen LogP contribution in [0.5, 0.6) is 5.75 Å². The van der Waals surface area contributed by atoms with Gasteiger partial charge in [-0.2, -0.15) is 0 Å². The summed E-state index contributed by atoms with van der Waals surface area (Å²) in [6.45, 7) is 0.647. The Morgan fingerprint density at radius 2 is 2.06 bits per heavy atom. The topological polar surface area (TPSA) is 90.8 Å². The van der Waals surface area contributed by atoms with E-state index in [1.54, 1.807) is 12.1 Å². The van der Waals surface area contributed by atoms with E-state index < -0.39 is 11.8 Å². The Morgan fingerprint density at radius 3 is 2.72 bits per heavy atom. The molecule has 0 bridgehead atoms. The van der Waals surface area contributed by atoms with Crippen LogP contribution in [0.4, 0.5) is 5.69 Å². The normalized spacial score (nSPS) is 13.9. The Morgan fingerprint density at radius 1 is 1.28 bits per heavy atom. The number of hydrogen-bond acceptors (Lipinski definition) is 5. The number of benzene rings is 1. The first-order chi connectivity index (χ1) is 8.65. The molecule has 0 fully saturated rings. The fourth-order valence-electron chi connectivity index (χ4n) is 1.34. The average Bonchev–Trinajstić information content (AvgIpc) is 2.81. The molecule has 0 aromatic heterocycles. The number of phenolic OH excluding ortho intramolecular Hbond substituents is 1. The van der Waals surface area contributed by atoms with Gasteiger partial charge in [-0.25, -0.2) is 0 Å². The van der Waals surface area contributed by atoms with E-state index in [2.05, 4.69) is 15.6 Å². The lowest BCUT2D eigenvalue weighted by atomic mass is 10.3. The first-order valence-electron chi connectivity index (χ1n) is 5.24. The van der Waals surface area contributed by atoms with E-state index in [0.717, 1.165) is 5.75 Å². The molecule has 0 spiro atoms. The number of aliphatic imine (C=N–C) groups is 1. The zero-order chi connectivity index (χ0) is 13.0. The molecule has 0 saturated heterocycles. The highest BCUT2D eigenvalue weighted by Crippen LogP contribution is 2.15. The van der Waals surface area contributed by atoms with E-state index in [4.69, 9.17) is 0 Å². The molecular weight excluding hydrogens is 254 g/mol. The van der Waals surface area contributed by atoms with Gasteiger partial charge in [0, 0.05) is 17.5 Å². The lowest BCUT2D eigenvalue weighted by Crippen LogP contribution is -2.37. The summed E-state index contributed by atoms with van der Waals surface area (Å²) in [6, 6.07) is 5.97. The summed E-state index contributed by atoms with van der Waals surface area (Å²) in [4.78, 5) is 27.1. The second-order valence-corrected chi connectivity index (χ2v) is 4.58. The van der Waals surface area contributed by atoms with Gasteiger partial charge in [-0.1, -0.05) is 17.8 Å². The fraction of sp³-hybridized carbons (Fsp3) is 0.182. The number of nitrogens with zero attached hydrogens (tertiary/aromatic N) is 1. The van der Waals surface area contributed by atoms with Crippen molar-refractivity contribution < 1.29 is 14.7 Å². The molecule has 94 valence electrons. The van der Waals surface area contributed by atoms with Crippen molar-refractivity contribution in [1.29, 1.82) is 0 Å². The fourth-order valence-corrected chi connectivity index (χ4v) is 2.06. The van der Waals surface area contributed by atoms with Gasteiger partial charge in [-0.15, -0.1) is 0 Å². The van der Waals surface area contributed by atoms with Crippen LogP contribution in [0.1, 0.15) is 0 Å². The number of aromatic hydroxyl groups is 1. The summed E-state index contributed by atoms with van der Waals surface area (Å²) in [5.74, 6) is -0.740. The third-order valence-electron chi connectivity index (χ3n) is 2.12. The molecule has 1 aromatic rings. The van der Waals surface area contributed by atoms with Crippen LogP contribution in [0.3, 0.4) is 0 Å². The highest BCUT2D eigenvalue weighted by molar-refractivity contribution is 8.14. The summed E-state index contributed by atoms with van der Waals surface area (Å²) in [7, 11) is 0. The largest absolute Gasteiger partial charge is 0.508 e. The van der Waals surface area contributed by atoms with Crippen molar-refractivity contribution in [2.45, 2.75) is 0 Å². The molecule has 0 radical (unpaired) electrons. The molecule has 1 aromatic carbocycles. The lowest BCUT2D eigenvalue weighted by molar-refractivity contribution is -0.135. The zero-order valence-electron chi connectivity index (χ0n) is 9.34. The van der Waals surface area contributed by atoms with Crippen molar-refractivity contribution in [3.05, 3.63) is 24.3 Å². The summed E-state index contributed by atoms with van der Waals surface area (Å²) >= 11 is 1.39. The number of nitrogens with one attached hydrogen (secondary N) is 2. The van der Waals surface area contributed by atoms with Crippen LogP contribution in [0.15, 0.2) is 29.3 Å². The SMILES string of the molecule is O=C(NC1=NCCS1)C(=O)Nc1cccc(O)c1. The van der Waals surface area contributed by atoms with Gasteiger partial charge in [-0.3, -0.25) is 19.9 Å². The first kappa shape index (κ1) is 12.4. The molecule has 0 unspecified atom stereocenters. The number of hydrogen-bond donors (Lipinski definition) is 3. The number of anilines is 1. The quantitative estimate of drug-likeness (QED) is 0.647. The molecule has 18 heavy (non-hydrogen) atoms. The van der Waals surface area contributed by atoms with Crippen molar-refractivity contribution in [1.82, 2.24) is 5.32 Å². The highest BCUT2D eigenvalue weighted by atomic mass is 32.2. The van der Waals surface area contributed by atoms with Gasteiger partial charge < -0.3 is 10.4 Å². The van der Waals surface area contributed by atoms with Gasteiger partial charge in [0.05, 0.1) is 6.54 Å². The molecule has 7 heteroatoms. The van der Waals surface area contributed by atoms with Crippen LogP contribution < -0.4 is 10.6 Å². The molecule has 2 amide bonds. The predicted molar refractivity (Wildman–Crippen MR) is 69.6 cm³/mol. The molecule has 1 aliphatic rings. The molecule has 0 saturated carbocycles. The zero-order valence-corrected chi connectivity index (χ0v) is 10.2. The maximum atomic E-state index is 11.5. The number of amidine groups is 1. The molecule has 1 heterocycles. The van der Waals surface area contributed by atoms with Crippen LogP contribution in [-0.4, -0.2) is 34.4 Å². The summed E-state index contributed by atoms with van der Waals surface area (Å²) in [5, 5.41) is 14.5. The monoisotopic (exact) mass is 265 g/mol. The smallest absolute Gasteiger partial charge is 0.315 e. The maximum absolute atomic E-state index is 11.5. The number of amides is 2. The standard InChI is InChI=1S/C11H11N3O3S/c15-8-3-1-2-7(6-8)13-9(16)10(17)14-11-12-4-5-18-11/h1-3,6,15H,4-5H2,(H,13,16)(H,12,14,17). The van der Waals surface area contributed by atoms with Gasteiger partial charge >= 0.3 is 11.8 Å². The predicted octanol–water partition coefficient (Wildman–Crippen LogP) is 0.550.